The lowest BCUT2D eigenvalue weighted by atomic mass is 10.0. The van der Waals surface area contributed by atoms with E-state index in [-0.39, 0.29) is 5.63 Å². The van der Waals surface area contributed by atoms with Crippen molar-refractivity contribution in [2.75, 3.05) is 7.05 Å². The molecule has 0 saturated heterocycles. The molecule has 0 aliphatic carbocycles. The largest absolute Gasteiger partial charge is 0.422 e. The van der Waals surface area contributed by atoms with Gasteiger partial charge in [-0.25, -0.2) is 4.79 Å². The zero-order valence-electron chi connectivity index (χ0n) is 13.4. The summed E-state index contributed by atoms with van der Waals surface area (Å²) in [5, 5.41) is 1.02. The lowest BCUT2D eigenvalue weighted by molar-refractivity contribution is 0.322. The van der Waals surface area contributed by atoms with Crippen LogP contribution < -0.4 is 5.63 Å². The molecular formula is C18H18BrNO2S. The Balaban J connectivity index is 1.93. The molecule has 120 valence electrons. The number of halogens is 1. The van der Waals surface area contributed by atoms with E-state index in [9.17, 15) is 4.79 Å². The van der Waals surface area contributed by atoms with E-state index in [0.717, 1.165) is 32.4 Å². The summed E-state index contributed by atoms with van der Waals surface area (Å²) in [6.07, 6.45) is 0. The van der Waals surface area contributed by atoms with Gasteiger partial charge >= 0.3 is 5.63 Å². The molecule has 1 aromatic carbocycles. The van der Waals surface area contributed by atoms with Gasteiger partial charge < -0.3 is 4.42 Å². The number of fused-ring (bicyclic) bond motifs is 1. The van der Waals surface area contributed by atoms with Crippen molar-refractivity contribution in [1.82, 2.24) is 4.90 Å². The van der Waals surface area contributed by atoms with Crippen LogP contribution in [0, 0.1) is 13.8 Å². The molecule has 23 heavy (non-hydrogen) atoms. The fourth-order valence-corrected chi connectivity index (χ4v) is 4.27. The minimum Gasteiger partial charge on any atom is -0.422 e. The first-order valence-electron chi connectivity index (χ1n) is 7.40. The van der Waals surface area contributed by atoms with Crippen LogP contribution >= 0.6 is 27.3 Å². The second-order valence-electron chi connectivity index (χ2n) is 5.85. The molecule has 2 aromatic heterocycles. The summed E-state index contributed by atoms with van der Waals surface area (Å²) in [7, 11) is 2.06. The number of rotatable bonds is 4. The Bertz CT molecular complexity index is 913. The Labute approximate surface area is 147 Å². The molecule has 0 aliphatic heterocycles. The van der Waals surface area contributed by atoms with E-state index in [1.54, 1.807) is 17.4 Å². The summed E-state index contributed by atoms with van der Waals surface area (Å²) in [6.45, 7) is 5.59. The molecule has 0 N–H and O–H groups in total. The lowest BCUT2D eigenvalue weighted by Gasteiger charge is -2.17. The predicted octanol–water partition coefficient (Wildman–Crippen LogP) is 4.87. The highest BCUT2D eigenvalue weighted by molar-refractivity contribution is 9.11. The van der Waals surface area contributed by atoms with Crippen molar-refractivity contribution in [3.8, 4) is 0 Å². The maximum Gasteiger partial charge on any atom is 0.336 e. The lowest BCUT2D eigenvalue weighted by Crippen LogP contribution is -2.18. The molecule has 0 amide bonds. The van der Waals surface area contributed by atoms with Crippen molar-refractivity contribution in [3.63, 3.8) is 0 Å². The highest BCUT2D eigenvalue weighted by atomic mass is 79.9. The Morgan fingerprint density at radius 3 is 2.65 bits per heavy atom. The third-order valence-corrected chi connectivity index (χ3v) is 5.62. The first-order chi connectivity index (χ1) is 10.9. The summed E-state index contributed by atoms with van der Waals surface area (Å²) in [4.78, 5) is 15.4. The van der Waals surface area contributed by atoms with E-state index in [0.29, 0.717) is 12.1 Å². The second-order valence-corrected chi connectivity index (χ2v) is 8.40. The van der Waals surface area contributed by atoms with Crippen LogP contribution in [0.5, 0.6) is 0 Å². The molecule has 3 nitrogen and oxygen atoms in total. The van der Waals surface area contributed by atoms with Crippen molar-refractivity contribution >= 4 is 38.2 Å². The molecule has 0 aliphatic rings. The summed E-state index contributed by atoms with van der Waals surface area (Å²) < 4.78 is 6.58. The van der Waals surface area contributed by atoms with Crippen LogP contribution in [0.2, 0.25) is 0 Å². The summed E-state index contributed by atoms with van der Waals surface area (Å²) in [6, 6.07) is 9.92. The molecule has 0 atom stereocenters. The average Bonchev–Trinajstić information content (AvgIpc) is 2.88. The highest BCUT2D eigenvalue weighted by Crippen LogP contribution is 2.26. The Hall–Kier alpha value is -1.43. The topological polar surface area (TPSA) is 33.5 Å². The van der Waals surface area contributed by atoms with E-state index in [1.807, 2.05) is 19.9 Å². The van der Waals surface area contributed by atoms with Gasteiger partial charge in [-0.1, -0.05) is 12.1 Å². The van der Waals surface area contributed by atoms with Crippen molar-refractivity contribution in [2.45, 2.75) is 26.9 Å². The minimum atomic E-state index is -0.284. The van der Waals surface area contributed by atoms with Crippen LogP contribution in [0.4, 0.5) is 0 Å². The van der Waals surface area contributed by atoms with Gasteiger partial charge in [0.25, 0.3) is 0 Å². The van der Waals surface area contributed by atoms with Gasteiger partial charge in [-0.3, -0.25) is 4.90 Å². The maximum absolute atomic E-state index is 11.9. The SMILES string of the molecule is Cc1ccc2c(CN(C)Cc3ccc(Br)s3)cc(=O)oc2c1C. The first kappa shape index (κ1) is 16.4. The van der Waals surface area contributed by atoms with Gasteiger partial charge in [-0.2, -0.15) is 0 Å². The van der Waals surface area contributed by atoms with Gasteiger partial charge in [0, 0.05) is 29.4 Å². The zero-order chi connectivity index (χ0) is 16.6. The molecule has 3 aromatic rings. The molecule has 0 bridgehead atoms. The number of nitrogens with zero attached hydrogens (tertiary/aromatic N) is 1. The molecule has 0 radical (unpaired) electrons. The monoisotopic (exact) mass is 391 g/mol. The maximum atomic E-state index is 11.9. The molecule has 0 fully saturated rings. The Kier molecular flexibility index (Phi) is 4.71. The quantitative estimate of drug-likeness (QED) is 0.595. The van der Waals surface area contributed by atoms with Gasteiger partial charge in [0.2, 0.25) is 0 Å². The summed E-state index contributed by atoms with van der Waals surface area (Å²) in [5.41, 5.74) is 3.60. The van der Waals surface area contributed by atoms with Crippen LogP contribution in [0.3, 0.4) is 0 Å². The van der Waals surface area contributed by atoms with Crippen molar-refractivity contribution in [1.29, 1.82) is 0 Å². The van der Waals surface area contributed by atoms with E-state index in [1.165, 1.54) is 4.88 Å². The highest BCUT2D eigenvalue weighted by Gasteiger charge is 2.12. The molecule has 0 spiro atoms. The normalized spacial score (nSPS) is 11.5. The fraction of sp³-hybridized carbons (Fsp3) is 0.278. The summed E-state index contributed by atoms with van der Waals surface area (Å²) >= 11 is 5.22. The van der Waals surface area contributed by atoms with Crippen LogP contribution in [-0.2, 0) is 13.1 Å². The zero-order valence-corrected chi connectivity index (χ0v) is 15.8. The fourth-order valence-electron chi connectivity index (χ4n) is 2.70. The molecule has 5 heteroatoms. The van der Waals surface area contributed by atoms with Gasteiger partial charge in [0.05, 0.1) is 3.79 Å². The third-order valence-electron chi connectivity index (χ3n) is 4.01. The molecule has 2 heterocycles. The predicted molar refractivity (Wildman–Crippen MR) is 99.1 cm³/mol. The van der Waals surface area contributed by atoms with E-state index in [2.05, 4.69) is 46.1 Å². The molecule has 0 unspecified atom stereocenters. The van der Waals surface area contributed by atoms with Crippen LogP contribution in [0.15, 0.2) is 43.3 Å². The average molecular weight is 392 g/mol. The van der Waals surface area contributed by atoms with Crippen LogP contribution in [-0.4, -0.2) is 11.9 Å². The van der Waals surface area contributed by atoms with Gasteiger partial charge in [0.1, 0.15) is 5.58 Å². The van der Waals surface area contributed by atoms with E-state index < -0.39 is 0 Å². The molecule has 3 rings (SSSR count). The molecular weight excluding hydrogens is 374 g/mol. The Morgan fingerprint density at radius 2 is 1.96 bits per heavy atom. The number of benzene rings is 1. The van der Waals surface area contributed by atoms with Crippen molar-refractivity contribution in [3.05, 3.63) is 66.1 Å². The van der Waals surface area contributed by atoms with Gasteiger partial charge in [0.15, 0.2) is 0 Å². The number of hydrogen-bond acceptors (Lipinski definition) is 4. The van der Waals surface area contributed by atoms with Crippen molar-refractivity contribution < 1.29 is 4.42 Å². The van der Waals surface area contributed by atoms with Crippen LogP contribution in [0.1, 0.15) is 21.6 Å². The first-order valence-corrected chi connectivity index (χ1v) is 9.00. The molecule has 0 saturated carbocycles. The number of thiophene rings is 1. The standard InChI is InChI=1S/C18H18BrNO2S/c1-11-4-6-15-13(8-17(21)22-18(15)12(11)2)9-20(3)10-14-5-7-16(19)23-14/h4-8H,9-10H2,1-3H3. The third kappa shape index (κ3) is 3.57. The van der Waals surface area contributed by atoms with Crippen molar-refractivity contribution in [2.24, 2.45) is 0 Å². The van der Waals surface area contributed by atoms with Crippen LogP contribution in [0.25, 0.3) is 11.0 Å². The minimum absolute atomic E-state index is 0.284. The summed E-state index contributed by atoms with van der Waals surface area (Å²) in [5.74, 6) is 0. The van der Waals surface area contributed by atoms with E-state index in [4.69, 9.17) is 4.42 Å². The second kappa shape index (κ2) is 6.59. The smallest absolute Gasteiger partial charge is 0.336 e. The van der Waals surface area contributed by atoms with Gasteiger partial charge in [-0.15, -0.1) is 11.3 Å². The number of hydrogen-bond donors (Lipinski definition) is 0. The van der Waals surface area contributed by atoms with Gasteiger partial charge in [-0.05, 0) is 65.6 Å². The number of aryl methyl sites for hydroxylation is 2. The Morgan fingerprint density at radius 1 is 1.17 bits per heavy atom. The van der Waals surface area contributed by atoms with E-state index >= 15 is 0 Å².